The van der Waals surface area contributed by atoms with E-state index >= 15 is 0 Å². The van der Waals surface area contributed by atoms with Gasteiger partial charge in [-0.2, -0.15) is 9.65 Å². The maximum Gasteiger partial charge on any atom is 0.312 e. The second-order valence-electron chi connectivity index (χ2n) is 2.50. The lowest BCUT2D eigenvalue weighted by Gasteiger charge is -2.00. The van der Waals surface area contributed by atoms with E-state index in [4.69, 9.17) is 10.4 Å². The normalized spacial score (nSPS) is 9.43. The van der Waals surface area contributed by atoms with E-state index in [2.05, 4.69) is 0 Å². The van der Waals surface area contributed by atoms with Gasteiger partial charge in [-0.05, 0) is 12.1 Å². The van der Waals surface area contributed by atoms with Crippen LogP contribution in [-0.4, -0.2) is 10.0 Å². The molecule has 0 bridgehead atoms. The minimum Gasteiger partial charge on any atom is -0.505 e. The van der Waals surface area contributed by atoms with Crippen molar-refractivity contribution in [3.8, 4) is 11.8 Å². The van der Waals surface area contributed by atoms with Crippen molar-refractivity contribution in [1.82, 2.24) is 0 Å². The second kappa shape index (κ2) is 3.70. The number of phenolic OH excluding ortho intramolecular Hbond substituents is 1. The first-order chi connectivity index (χ1) is 6.57. The van der Waals surface area contributed by atoms with Gasteiger partial charge in [-0.1, -0.05) is 0 Å². The van der Waals surface area contributed by atoms with Crippen LogP contribution in [0.2, 0.25) is 0 Å². The topological polar surface area (TPSA) is 87.2 Å². The van der Waals surface area contributed by atoms with E-state index in [1.54, 1.807) is 6.07 Å². The van der Waals surface area contributed by atoms with Crippen molar-refractivity contribution in [3.05, 3.63) is 33.6 Å². The van der Waals surface area contributed by atoms with Crippen LogP contribution < -0.4 is 0 Å². The van der Waals surface area contributed by atoms with Crippen LogP contribution in [0.1, 0.15) is 5.56 Å². The van der Waals surface area contributed by atoms with E-state index in [-0.39, 0.29) is 12.0 Å². The molecule has 6 heteroatoms. The van der Waals surface area contributed by atoms with Crippen molar-refractivity contribution in [1.29, 1.82) is 5.26 Å². The molecule has 0 atom stereocenters. The Kier molecular flexibility index (Phi) is 2.62. The minimum atomic E-state index is -1.30. The summed E-state index contributed by atoms with van der Waals surface area (Å²) in [5.74, 6) is -2.10. The van der Waals surface area contributed by atoms with Gasteiger partial charge in [-0.25, -0.2) is 0 Å². The molecule has 1 rings (SSSR count). The lowest BCUT2D eigenvalue weighted by atomic mass is 10.1. The molecule has 0 saturated carbocycles. The number of hydrogen-bond acceptors (Lipinski definition) is 4. The van der Waals surface area contributed by atoms with Crippen molar-refractivity contribution in [2.24, 2.45) is 0 Å². The van der Waals surface area contributed by atoms with Crippen LogP contribution in [0.25, 0.3) is 0 Å². The molecule has 1 N–H and O–H groups in total. The number of nitro benzene ring substituents is 1. The molecule has 14 heavy (non-hydrogen) atoms. The number of nitriles is 1. The summed E-state index contributed by atoms with van der Waals surface area (Å²) in [5.41, 5.74) is -0.889. The Morgan fingerprint density at radius 1 is 1.64 bits per heavy atom. The zero-order valence-corrected chi connectivity index (χ0v) is 6.90. The van der Waals surface area contributed by atoms with Crippen LogP contribution >= 0.6 is 0 Å². The third-order valence-corrected chi connectivity index (χ3v) is 1.63. The predicted octanol–water partition coefficient (Wildman–Crippen LogP) is 1.51. The first kappa shape index (κ1) is 9.92. The van der Waals surface area contributed by atoms with Crippen molar-refractivity contribution in [2.75, 3.05) is 0 Å². The van der Waals surface area contributed by atoms with E-state index in [9.17, 15) is 14.5 Å². The Balaban J connectivity index is 3.39. The van der Waals surface area contributed by atoms with E-state index in [1.807, 2.05) is 0 Å². The highest BCUT2D eigenvalue weighted by molar-refractivity contribution is 5.48. The second-order valence-corrected chi connectivity index (χ2v) is 2.50. The summed E-state index contributed by atoms with van der Waals surface area (Å²) < 4.78 is 13.0. The number of nitrogens with zero attached hydrogens (tertiary/aromatic N) is 2. The number of benzene rings is 1. The standard InChI is InChI=1S/C8H5FN2O3/c9-7-6(12)2-1-5(3-4-10)8(7)11(13)14/h1-2,12H,3H2. The maximum absolute atomic E-state index is 13.0. The summed E-state index contributed by atoms with van der Waals surface area (Å²) >= 11 is 0. The largest absolute Gasteiger partial charge is 0.505 e. The van der Waals surface area contributed by atoms with Crippen molar-refractivity contribution in [2.45, 2.75) is 6.42 Å². The van der Waals surface area contributed by atoms with Gasteiger partial charge in [0.2, 0.25) is 5.82 Å². The molecule has 0 radical (unpaired) electrons. The molecule has 0 aliphatic heterocycles. The van der Waals surface area contributed by atoms with Crippen molar-refractivity contribution < 1.29 is 14.4 Å². The van der Waals surface area contributed by atoms with Gasteiger partial charge < -0.3 is 5.11 Å². The molecule has 0 fully saturated rings. The van der Waals surface area contributed by atoms with E-state index in [0.717, 1.165) is 12.1 Å². The molecule has 0 heterocycles. The molecule has 0 amide bonds. The summed E-state index contributed by atoms with van der Waals surface area (Å²) in [4.78, 5) is 9.46. The third kappa shape index (κ3) is 1.61. The lowest BCUT2D eigenvalue weighted by molar-refractivity contribution is -0.388. The minimum absolute atomic E-state index is 0.0483. The number of phenols is 1. The fourth-order valence-electron chi connectivity index (χ4n) is 1.02. The van der Waals surface area contributed by atoms with Gasteiger partial charge >= 0.3 is 5.69 Å². The van der Waals surface area contributed by atoms with Crippen LogP contribution in [0, 0.1) is 27.3 Å². The summed E-state index contributed by atoms with van der Waals surface area (Å²) in [6.45, 7) is 0. The molecular weight excluding hydrogens is 191 g/mol. The van der Waals surface area contributed by atoms with Crippen molar-refractivity contribution in [3.63, 3.8) is 0 Å². The molecule has 0 aromatic heterocycles. The average molecular weight is 196 g/mol. The van der Waals surface area contributed by atoms with Crippen molar-refractivity contribution >= 4 is 5.69 Å². The van der Waals surface area contributed by atoms with E-state index < -0.39 is 22.2 Å². The lowest BCUT2D eigenvalue weighted by Crippen LogP contribution is -1.98. The molecule has 0 aliphatic carbocycles. The summed E-state index contributed by atoms with van der Waals surface area (Å²) in [5, 5.41) is 27.6. The number of nitro groups is 1. The van der Waals surface area contributed by atoms with E-state index in [0.29, 0.717) is 0 Å². The number of rotatable bonds is 2. The zero-order valence-electron chi connectivity index (χ0n) is 6.90. The Morgan fingerprint density at radius 2 is 2.29 bits per heavy atom. The van der Waals surface area contributed by atoms with Gasteiger partial charge in [-0.15, -0.1) is 0 Å². The molecule has 0 saturated heterocycles. The Bertz CT molecular complexity index is 425. The molecule has 1 aromatic carbocycles. The monoisotopic (exact) mass is 196 g/mol. The molecule has 0 aliphatic rings. The SMILES string of the molecule is N#CCc1ccc(O)c(F)c1[N+](=O)[O-]. The van der Waals surface area contributed by atoms with Crippen LogP contribution in [0.5, 0.6) is 5.75 Å². The van der Waals surface area contributed by atoms with Gasteiger partial charge in [-0.3, -0.25) is 10.1 Å². The highest BCUT2D eigenvalue weighted by Crippen LogP contribution is 2.29. The molecule has 0 spiro atoms. The fourth-order valence-corrected chi connectivity index (χ4v) is 1.02. The van der Waals surface area contributed by atoms with Gasteiger partial charge in [0.25, 0.3) is 0 Å². The summed E-state index contributed by atoms with van der Waals surface area (Å²) in [6.07, 6.45) is -0.270. The number of halogens is 1. The molecule has 0 unspecified atom stereocenters. The van der Waals surface area contributed by atoms with Gasteiger partial charge in [0.15, 0.2) is 5.75 Å². The Hall–Kier alpha value is -2.16. The third-order valence-electron chi connectivity index (χ3n) is 1.63. The fraction of sp³-hybridized carbons (Fsp3) is 0.125. The van der Waals surface area contributed by atoms with Gasteiger partial charge in [0, 0.05) is 5.56 Å². The van der Waals surface area contributed by atoms with Gasteiger partial charge in [0.05, 0.1) is 17.4 Å². The zero-order chi connectivity index (χ0) is 10.7. The molecule has 1 aromatic rings. The van der Waals surface area contributed by atoms with Gasteiger partial charge in [0.1, 0.15) is 0 Å². The summed E-state index contributed by atoms with van der Waals surface area (Å²) in [6, 6.07) is 3.81. The first-order valence-electron chi connectivity index (χ1n) is 3.59. The Morgan fingerprint density at radius 3 is 2.79 bits per heavy atom. The number of hydrogen-bond donors (Lipinski definition) is 1. The van der Waals surface area contributed by atoms with Crippen LogP contribution in [-0.2, 0) is 6.42 Å². The highest BCUT2D eigenvalue weighted by Gasteiger charge is 2.22. The quantitative estimate of drug-likeness (QED) is 0.573. The van der Waals surface area contributed by atoms with Crippen LogP contribution in [0.15, 0.2) is 12.1 Å². The average Bonchev–Trinajstić information content (AvgIpc) is 2.11. The van der Waals surface area contributed by atoms with E-state index in [1.165, 1.54) is 0 Å². The molecular formula is C8H5FN2O3. The van der Waals surface area contributed by atoms with Crippen LogP contribution in [0.4, 0.5) is 10.1 Å². The molecule has 5 nitrogen and oxygen atoms in total. The summed E-state index contributed by atoms with van der Waals surface area (Å²) in [7, 11) is 0. The first-order valence-corrected chi connectivity index (χ1v) is 3.59. The predicted molar refractivity (Wildman–Crippen MR) is 44.0 cm³/mol. The Labute approximate surface area is 78.2 Å². The number of aromatic hydroxyl groups is 1. The molecule has 72 valence electrons. The smallest absolute Gasteiger partial charge is 0.312 e. The highest BCUT2D eigenvalue weighted by atomic mass is 19.1. The maximum atomic E-state index is 13.0. The van der Waals surface area contributed by atoms with Crippen LogP contribution in [0.3, 0.4) is 0 Å².